The molecule has 1 atom stereocenters. The number of para-hydroxylation sites is 1. The fraction of sp³-hybridized carbons (Fsp3) is 0.533. The summed E-state index contributed by atoms with van der Waals surface area (Å²) in [6, 6.07) is 14.9. The topological polar surface area (TPSA) is 59.1 Å². The maximum atomic E-state index is 12.7. The molecule has 1 unspecified atom stereocenters. The quantitative estimate of drug-likeness (QED) is 0.284. The Labute approximate surface area is 226 Å². The van der Waals surface area contributed by atoms with Crippen LogP contribution in [0.2, 0.25) is 0 Å². The highest BCUT2D eigenvalue weighted by molar-refractivity contribution is 7.99. The molecule has 0 saturated carbocycles. The Bertz CT molecular complexity index is 1100. The summed E-state index contributed by atoms with van der Waals surface area (Å²) in [4.78, 5) is 31.6. The number of nitrogens with zero attached hydrogens (tertiary/aromatic N) is 2. The predicted molar refractivity (Wildman–Crippen MR) is 150 cm³/mol. The van der Waals surface area contributed by atoms with Crippen molar-refractivity contribution in [3.63, 3.8) is 0 Å². The van der Waals surface area contributed by atoms with E-state index in [-0.39, 0.29) is 23.2 Å². The van der Waals surface area contributed by atoms with E-state index in [0.717, 1.165) is 0 Å². The summed E-state index contributed by atoms with van der Waals surface area (Å²) in [6.45, 7) is 18.7. The molecule has 1 fully saturated rings. The number of benzene rings is 2. The minimum Gasteiger partial charge on any atom is -0.425 e. The third-order valence-electron chi connectivity index (χ3n) is 7.47. The lowest BCUT2D eigenvalue weighted by atomic mass is 9.67. The largest absolute Gasteiger partial charge is 0.425 e. The first-order valence-electron chi connectivity index (χ1n) is 13.0. The maximum absolute atomic E-state index is 12.7. The SMILES string of the molecule is Cc1ccc(Sc2ccccc2N2CCN(C(=O)OC(C)OC(=O)CC(C)(C)C(C)(C)C)CC2)c(C)c1. The van der Waals surface area contributed by atoms with Crippen molar-refractivity contribution in [2.45, 2.75) is 77.9 Å². The number of hydrogen-bond acceptors (Lipinski definition) is 6. The van der Waals surface area contributed by atoms with Gasteiger partial charge in [-0.2, -0.15) is 0 Å². The summed E-state index contributed by atoms with van der Waals surface area (Å²) >= 11 is 1.77. The lowest BCUT2D eigenvalue weighted by Crippen LogP contribution is -2.49. The van der Waals surface area contributed by atoms with Gasteiger partial charge >= 0.3 is 12.1 Å². The van der Waals surface area contributed by atoms with Gasteiger partial charge in [0.25, 0.3) is 0 Å². The van der Waals surface area contributed by atoms with Crippen LogP contribution in [0.5, 0.6) is 0 Å². The Kier molecular flexibility index (Phi) is 9.22. The van der Waals surface area contributed by atoms with Crippen molar-refractivity contribution < 1.29 is 19.1 Å². The van der Waals surface area contributed by atoms with Crippen molar-refractivity contribution in [3.05, 3.63) is 53.6 Å². The Hall–Kier alpha value is -2.67. The van der Waals surface area contributed by atoms with Crippen molar-refractivity contribution in [2.75, 3.05) is 31.1 Å². The summed E-state index contributed by atoms with van der Waals surface area (Å²) < 4.78 is 10.8. The standard InChI is InChI=1S/C30H42N2O4S/c1-21-13-14-25(22(2)19-21)37-26-12-10-9-11-24(26)31-15-17-32(18-16-31)28(34)36-23(3)35-27(33)20-30(7,8)29(4,5)6/h9-14,19,23H,15-18,20H2,1-8H3. The number of anilines is 1. The minimum atomic E-state index is -0.927. The Morgan fingerprint density at radius 2 is 1.57 bits per heavy atom. The van der Waals surface area contributed by atoms with Crippen LogP contribution in [0, 0.1) is 24.7 Å². The fourth-order valence-corrected chi connectivity index (χ4v) is 5.10. The van der Waals surface area contributed by atoms with Gasteiger partial charge in [-0.15, -0.1) is 0 Å². The van der Waals surface area contributed by atoms with Gasteiger partial charge in [0.2, 0.25) is 6.29 Å². The number of amides is 1. The second-order valence-electron chi connectivity index (χ2n) is 11.6. The second-order valence-corrected chi connectivity index (χ2v) is 12.6. The molecule has 2 aromatic carbocycles. The highest BCUT2D eigenvalue weighted by Gasteiger charge is 2.36. The Balaban J connectivity index is 1.54. The van der Waals surface area contributed by atoms with Gasteiger partial charge in [-0.05, 0) is 48.4 Å². The molecule has 2 aromatic rings. The molecule has 0 radical (unpaired) electrons. The number of esters is 1. The molecule has 1 aliphatic heterocycles. The molecule has 0 aliphatic carbocycles. The van der Waals surface area contributed by atoms with Crippen LogP contribution in [0.4, 0.5) is 10.5 Å². The fourth-order valence-electron chi connectivity index (χ4n) is 4.06. The van der Waals surface area contributed by atoms with E-state index < -0.39 is 12.4 Å². The summed E-state index contributed by atoms with van der Waals surface area (Å²) in [5, 5.41) is 0. The molecule has 0 spiro atoms. The van der Waals surface area contributed by atoms with Crippen LogP contribution < -0.4 is 4.90 Å². The summed E-state index contributed by atoms with van der Waals surface area (Å²) in [6.07, 6.45) is -1.12. The maximum Gasteiger partial charge on any atom is 0.412 e. The average Bonchev–Trinajstić information content (AvgIpc) is 2.80. The summed E-state index contributed by atoms with van der Waals surface area (Å²) in [5.41, 5.74) is 3.41. The third kappa shape index (κ3) is 7.67. The number of piperazine rings is 1. The van der Waals surface area contributed by atoms with Gasteiger partial charge in [-0.1, -0.05) is 76.2 Å². The van der Waals surface area contributed by atoms with E-state index in [2.05, 4.69) is 82.0 Å². The van der Waals surface area contributed by atoms with Crippen LogP contribution >= 0.6 is 11.8 Å². The van der Waals surface area contributed by atoms with E-state index in [1.165, 1.54) is 26.6 Å². The second kappa shape index (κ2) is 11.8. The first kappa shape index (κ1) is 28.9. The molecular weight excluding hydrogens is 484 g/mol. The van der Waals surface area contributed by atoms with Crippen molar-refractivity contribution >= 4 is 29.5 Å². The number of carbonyl (C=O) groups excluding carboxylic acids is 2. The molecule has 1 saturated heterocycles. The average molecular weight is 527 g/mol. The number of carbonyl (C=O) groups is 2. The van der Waals surface area contributed by atoms with Gasteiger partial charge in [0.1, 0.15) is 0 Å². The van der Waals surface area contributed by atoms with E-state index in [9.17, 15) is 9.59 Å². The third-order valence-corrected chi connectivity index (χ3v) is 8.72. The molecule has 1 aliphatic rings. The molecular formula is C30H42N2O4S. The van der Waals surface area contributed by atoms with E-state index >= 15 is 0 Å². The van der Waals surface area contributed by atoms with E-state index in [1.54, 1.807) is 23.6 Å². The van der Waals surface area contributed by atoms with Crippen molar-refractivity contribution in [1.29, 1.82) is 0 Å². The molecule has 202 valence electrons. The van der Waals surface area contributed by atoms with Crippen LogP contribution in [0.3, 0.4) is 0 Å². The van der Waals surface area contributed by atoms with Crippen molar-refractivity contribution in [2.24, 2.45) is 10.8 Å². The monoisotopic (exact) mass is 526 g/mol. The molecule has 1 heterocycles. The molecule has 6 nitrogen and oxygen atoms in total. The van der Waals surface area contributed by atoms with Gasteiger partial charge < -0.3 is 19.3 Å². The van der Waals surface area contributed by atoms with Gasteiger partial charge in [-0.3, -0.25) is 4.79 Å². The van der Waals surface area contributed by atoms with Crippen LogP contribution in [0.25, 0.3) is 0 Å². The molecule has 1 amide bonds. The summed E-state index contributed by atoms with van der Waals surface area (Å²) in [7, 11) is 0. The molecule has 7 heteroatoms. The van der Waals surface area contributed by atoms with Gasteiger partial charge in [0, 0.05) is 42.9 Å². The van der Waals surface area contributed by atoms with Crippen LogP contribution in [-0.2, 0) is 14.3 Å². The highest BCUT2D eigenvalue weighted by Crippen LogP contribution is 2.41. The predicted octanol–water partition coefficient (Wildman–Crippen LogP) is 7.06. The number of hydrogen-bond donors (Lipinski definition) is 0. The zero-order chi connectivity index (χ0) is 27.4. The molecule has 37 heavy (non-hydrogen) atoms. The van der Waals surface area contributed by atoms with Gasteiger partial charge in [0.15, 0.2) is 0 Å². The first-order chi connectivity index (χ1) is 17.3. The number of aryl methyl sites for hydroxylation is 2. The normalized spacial score (nSPS) is 15.4. The lowest BCUT2D eigenvalue weighted by Gasteiger charge is -2.38. The molecule has 0 aromatic heterocycles. The van der Waals surface area contributed by atoms with Gasteiger partial charge in [-0.25, -0.2) is 4.79 Å². The van der Waals surface area contributed by atoms with Crippen LogP contribution in [0.15, 0.2) is 52.3 Å². The summed E-state index contributed by atoms with van der Waals surface area (Å²) in [5.74, 6) is -0.358. The lowest BCUT2D eigenvalue weighted by molar-refractivity contribution is -0.170. The smallest absolute Gasteiger partial charge is 0.412 e. The van der Waals surface area contributed by atoms with Crippen molar-refractivity contribution in [3.8, 4) is 0 Å². The highest BCUT2D eigenvalue weighted by atomic mass is 32.2. The Morgan fingerprint density at radius 1 is 0.919 bits per heavy atom. The minimum absolute atomic E-state index is 0.0539. The van der Waals surface area contributed by atoms with Crippen molar-refractivity contribution in [1.82, 2.24) is 4.90 Å². The first-order valence-corrected chi connectivity index (χ1v) is 13.8. The molecule has 3 rings (SSSR count). The van der Waals surface area contributed by atoms with E-state index in [0.29, 0.717) is 26.2 Å². The van der Waals surface area contributed by atoms with Gasteiger partial charge in [0.05, 0.1) is 12.1 Å². The zero-order valence-electron chi connectivity index (χ0n) is 23.6. The van der Waals surface area contributed by atoms with Crippen LogP contribution in [-0.4, -0.2) is 49.4 Å². The Morgan fingerprint density at radius 3 is 2.19 bits per heavy atom. The van der Waals surface area contributed by atoms with E-state index in [1.807, 2.05) is 13.8 Å². The van der Waals surface area contributed by atoms with Crippen LogP contribution in [0.1, 0.15) is 59.1 Å². The molecule has 0 bridgehead atoms. The molecule has 0 N–H and O–H groups in total. The number of rotatable bonds is 7. The number of ether oxygens (including phenoxy) is 2. The zero-order valence-corrected chi connectivity index (χ0v) is 24.4. The van der Waals surface area contributed by atoms with E-state index in [4.69, 9.17) is 9.47 Å².